The van der Waals surface area contributed by atoms with Gasteiger partial charge in [-0.2, -0.15) is 0 Å². The highest BCUT2D eigenvalue weighted by Gasteiger charge is 2.24. The minimum atomic E-state index is 1.18. The van der Waals surface area contributed by atoms with E-state index in [0.29, 0.717) is 0 Å². The fourth-order valence-electron chi connectivity index (χ4n) is 13.1. The van der Waals surface area contributed by atoms with Crippen LogP contribution in [-0.4, -0.2) is 9.13 Å². The van der Waals surface area contributed by atoms with Gasteiger partial charge in [0.15, 0.2) is 0 Å². The molecule has 4 aliphatic rings. The van der Waals surface area contributed by atoms with E-state index in [1.54, 1.807) is 0 Å². The van der Waals surface area contributed by atoms with Gasteiger partial charge in [0.2, 0.25) is 0 Å². The van der Waals surface area contributed by atoms with Crippen LogP contribution < -0.4 is 9.80 Å². The van der Waals surface area contributed by atoms with Gasteiger partial charge in [0.1, 0.15) is 0 Å². The predicted octanol–water partition coefficient (Wildman–Crippen LogP) is 40.8. The Balaban J connectivity index is -0.000000329. The Kier molecular flexibility index (Phi) is 84.2. The van der Waals surface area contributed by atoms with Gasteiger partial charge in [-0.15, -0.1) is 0 Å². The van der Waals surface area contributed by atoms with Gasteiger partial charge in [0.05, 0.1) is 22.1 Å². The van der Waals surface area contributed by atoms with E-state index in [2.05, 4.69) is 310 Å². The zero-order valence-corrected chi connectivity index (χ0v) is 87.2. The smallest absolute Gasteiger partial charge is 0.0541 e. The van der Waals surface area contributed by atoms with Crippen LogP contribution >= 0.6 is 0 Å². The van der Waals surface area contributed by atoms with Crippen molar-refractivity contribution in [2.75, 3.05) is 9.80 Å². The van der Waals surface area contributed by atoms with Gasteiger partial charge in [-0.05, 0) is 205 Å². The van der Waals surface area contributed by atoms with Crippen LogP contribution in [0.3, 0.4) is 0 Å². The van der Waals surface area contributed by atoms with Gasteiger partial charge in [-0.1, -0.05) is 459 Å². The lowest BCUT2D eigenvalue weighted by atomic mass is 9.86. The first-order valence-corrected chi connectivity index (χ1v) is 49.9. The van der Waals surface area contributed by atoms with Crippen LogP contribution in [0.25, 0.3) is 55.0 Å². The SMILES string of the molecule is CC.CC.CC.CC.CC.CC.CC.CC.CC.CC.CC.CC.CC.CC.CC.CC.CC.CC.CC.CC.c1cc2c(c(-n3c4ccccc4c4ccccc43)c1)CC2.c1ccc(N(c2ccccc2)c2ccc3c(c2)CC3)cc1.c1ccc(N(c2ccccc2)c2cccc3c2CC3)cc1.c1ccc2c(c1)c1ccccc1n2-c1ccc2c(c1)CC2. The number of hydrogen-bond acceptors (Lipinski definition) is 2. The summed E-state index contributed by atoms with van der Waals surface area (Å²) < 4.78 is 4.83. The van der Waals surface area contributed by atoms with Crippen molar-refractivity contribution in [3.05, 3.63) is 336 Å². The monoisotopic (exact) mass is 1680 g/mol. The van der Waals surface area contributed by atoms with Gasteiger partial charge in [0.25, 0.3) is 0 Å². The highest BCUT2D eigenvalue weighted by atomic mass is 15.1. The van der Waals surface area contributed by atoms with Crippen LogP contribution in [0, 0.1) is 0 Å². The van der Waals surface area contributed by atoms with Gasteiger partial charge in [-0.3, -0.25) is 0 Å². The molecule has 4 nitrogen and oxygen atoms in total. The number of anilines is 6. The van der Waals surface area contributed by atoms with Crippen molar-refractivity contribution >= 4 is 77.7 Å². The van der Waals surface area contributed by atoms with Crippen LogP contribution in [0.2, 0.25) is 0 Å². The maximum absolute atomic E-state index is 2.43. The van der Waals surface area contributed by atoms with Gasteiger partial charge in [-0.25, -0.2) is 0 Å². The molecular weight excluding hydrogens is 1500 g/mol. The van der Waals surface area contributed by atoms with Gasteiger partial charge < -0.3 is 18.9 Å². The third kappa shape index (κ3) is 35.8. The lowest BCUT2D eigenvalue weighted by Gasteiger charge is -2.31. The predicted molar refractivity (Wildman–Crippen MR) is 580 cm³/mol. The standard InChI is InChI=1S/2C20H15N.2C20H17N.20C2H6/c1-3-9-19-16(7-1)17-8-2-4-10-20(17)21(19)18-11-5-6-14-12-13-15(14)18;1-3-7-19-17(5-1)18-6-2-4-8-20(18)21(19)16-12-11-14-9-10-15(14)13-16;1-3-9-17(10-4-1)21(18-11-5-2-6-12-18)20-13-7-8-16-14-15-19(16)20;1-3-7-18(8-4-1)21(19-9-5-2-6-10-19)20-14-13-16-11-12-17(16)15-20;20*1-2/h1-11H,12-13H2;1-8,11-13H,9-10H2;1-13H,14-15H2;1-10,13-15H,11-12H2;20*1-2H3. The summed E-state index contributed by atoms with van der Waals surface area (Å²) in [4.78, 5) is 4.68. The van der Waals surface area contributed by atoms with E-state index in [-0.39, 0.29) is 0 Å². The summed E-state index contributed by atoms with van der Waals surface area (Å²) in [5.74, 6) is 0. The molecule has 684 valence electrons. The van der Waals surface area contributed by atoms with Crippen molar-refractivity contribution < 1.29 is 0 Å². The first-order chi connectivity index (χ1) is 61.7. The topological polar surface area (TPSA) is 16.3 Å². The van der Waals surface area contributed by atoms with Gasteiger partial charge in [0, 0.05) is 67.0 Å². The van der Waals surface area contributed by atoms with E-state index in [4.69, 9.17) is 0 Å². The lowest BCUT2D eigenvalue weighted by molar-refractivity contribution is 0.826. The minimum Gasteiger partial charge on any atom is -0.310 e. The number of nitrogens with zero attached hydrogens (tertiary/aromatic N) is 4. The Labute approximate surface area is 767 Å². The molecule has 0 atom stereocenters. The van der Waals surface area contributed by atoms with E-state index >= 15 is 0 Å². The normalized spacial score (nSPS) is 9.68. The molecule has 124 heavy (non-hydrogen) atoms. The van der Waals surface area contributed by atoms with Gasteiger partial charge >= 0.3 is 0 Å². The molecule has 0 amide bonds. The van der Waals surface area contributed by atoms with Crippen molar-refractivity contribution in [1.29, 1.82) is 0 Å². The number of para-hydroxylation sites is 8. The number of rotatable bonds is 8. The van der Waals surface area contributed by atoms with E-state index in [1.807, 2.05) is 277 Å². The van der Waals surface area contributed by atoms with Crippen LogP contribution in [-0.2, 0) is 51.4 Å². The minimum absolute atomic E-state index is 1.18. The fraction of sp³-hybridized carbons (Fsp3) is 0.400. The molecule has 0 radical (unpaired) electrons. The van der Waals surface area contributed by atoms with Crippen LogP contribution in [0.4, 0.5) is 34.1 Å². The lowest BCUT2D eigenvalue weighted by Crippen LogP contribution is -2.17. The summed E-state index contributed by atoms with van der Waals surface area (Å²) in [6, 6.07) is 104. The fourth-order valence-corrected chi connectivity index (χ4v) is 13.1. The van der Waals surface area contributed by atoms with E-state index in [9.17, 15) is 0 Å². The molecule has 0 bridgehead atoms. The molecule has 0 N–H and O–H groups in total. The summed E-state index contributed by atoms with van der Waals surface area (Å²) in [6.45, 7) is 80.0. The number of fused-ring (bicyclic) bond motifs is 10. The summed E-state index contributed by atoms with van der Waals surface area (Å²) >= 11 is 0. The molecule has 4 aliphatic carbocycles. The molecule has 18 rings (SSSR count). The number of aryl methyl sites for hydroxylation is 6. The first kappa shape index (κ1) is 125. The molecule has 4 heteroatoms. The molecule has 2 heterocycles. The summed E-state index contributed by atoms with van der Waals surface area (Å²) in [6.07, 6.45) is 9.71. The first-order valence-electron chi connectivity index (χ1n) is 49.9. The van der Waals surface area contributed by atoms with Crippen molar-refractivity contribution in [1.82, 2.24) is 9.13 Å². The zero-order chi connectivity index (χ0) is 95.8. The maximum atomic E-state index is 2.43. The van der Waals surface area contributed by atoms with E-state index in [0.717, 1.165) is 0 Å². The average Bonchev–Trinajstić information content (AvgIpc) is 1.57. The van der Waals surface area contributed by atoms with Crippen molar-refractivity contribution in [3.63, 3.8) is 0 Å². The Morgan fingerprint density at radius 3 is 0.718 bits per heavy atom. The molecule has 0 unspecified atom stereocenters. The third-order valence-electron chi connectivity index (χ3n) is 17.7. The number of benzene rings is 12. The highest BCUT2D eigenvalue weighted by Crippen LogP contribution is 2.43. The molecule has 0 fully saturated rings. The molecule has 0 saturated heterocycles. The molecular formula is C120H184N4. The van der Waals surface area contributed by atoms with E-state index < -0.39 is 0 Å². The van der Waals surface area contributed by atoms with Crippen LogP contribution in [0.1, 0.15) is 321 Å². The molecule has 0 aliphatic heterocycles. The second-order valence-electron chi connectivity index (χ2n) is 22.5. The van der Waals surface area contributed by atoms with Crippen LogP contribution in [0.5, 0.6) is 0 Å². The molecule has 0 saturated carbocycles. The summed E-state index contributed by atoms with van der Waals surface area (Å²) in [7, 11) is 0. The Bertz CT molecular complexity index is 4490. The largest absolute Gasteiger partial charge is 0.310 e. The summed E-state index contributed by atoms with van der Waals surface area (Å²) in [5, 5.41) is 5.33. The van der Waals surface area contributed by atoms with E-state index in [1.165, 1.54) is 185 Å². The van der Waals surface area contributed by atoms with Crippen molar-refractivity contribution in [3.8, 4) is 11.4 Å². The highest BCUT2D eigenvalue weighted by molar-refractivity contribution is 6.10. The third-order valence-corrected chi connectivity index (χ3v) is 17.7. The Morgan fingerprint density at radius 2 is 0.427 bits per heavy atom. The quantitative estimate of drug-likeness (QED) is 0.151. The molecule has 12 aromatic carbocycles. The maximum Gasteiger partial charge on any atom is 0.0541 e. The second kappa shape index (κ2) is 83.7. The molecule has 0 spiro atoms. The average molecular weight is 1680 g/mol. The van der Waals surface area contributed by atoms with Crippen molar-refractivity contribution in [2.45, 2.75) is 328 Å². The molecule has 2 aromatic heterocycles. The van der Waals surface area contributed by atoms with Crippen molar-refractivity contribution in [2.24, 2.45) is 0 Å². The number of hydrogen-bond donors (Lipinski definition) is 0. The number of aromatic nitrogens is 2. The second-order valence-corrected chi connectivity index (χ2v) is 22.5. The zero-order valence-electron chi connectivity index (χ0n) is 87.2. The summed E-state index contributed by atoms with van der Waals surface area (Å²) in [5.41, 5.74) is 27.2. The van der Waals surface area contributed by atoms with Crippen LogP contribution in [0.15, 0.2) is 291 Å². The Morgan fingerprint density at radius 1 is 0.169 bits per heavy atom. The molecule has 14 aromatic rings. The Hall–Kier alpha value is -10.2.